The lowest BCUT2D eigenvalue weighted by Crippen LogP contribution is -2.56. The Labute approximate surface area is 178 Å². The van der Waals surface area contributed by atoms with Crippen molar-refractivity contribution in [3.05, 3.63) is 36.0 Å². The quantitative estimate of drug-likeness (QED) is 0.812. The minimum atomic E-state index is 0.242. The Balaban J connectivity index is 1.24. The Morgan fingerprint density at radius 2 is 2.10 bits per heavy atom. The number of fused-ring (bicyclic) bond motifs is 3. The van der Waals surface area contributed by atoms with Gasteiger partial charge in [0.15, 0.2) is 5.76 Å². The molecule has 1 saturated carbocycles. The molecule has 0 spiro atoms. The maximum atomic E-state index is 12.6. The highest BCUT2D eigenvalue weighted by Crippen LogP contribution is 2.41. The fraction of sp³-hybridized carbons (Fsp3) is 0.625. The van der Waals surface area contributed by atoms with E-state index >= 15 is 0 Å². The van der Waals surface area contributed by atoms with Gasteiger partial charge in [-0.15, -0.1) is 0 Å². The van der Waals surface area contributed by atoms with Crippen molar-refractivity contribution in [3.63, 3.8) is 0 Å². The monoisotopic (exact) mass is 408 g/mol. The van der Waals surface area contributed by atoms with E-state index in [0.717, 1.165) is 61.9 Å². The van der Waals surface area contributed by atoms with E-state index in [9.17, 15) is 4.79 Å². The average Bonchev–Trinajstić information content (AvgIpc) is 3.33. The smallest absolute Gasteiger partial charge is 0.223 e. The molecule has 0 aromatic carbocycles. The third-order valence-electron chi connectivity index (χ3n) is 7.38. The molecule has 2 aromatic heterocycles. The predicted octanol–water partition coefficient (Wildman–Crippen LogP) is 3.92. The highest BCUT2D eigenvalue weighted by Gasteiger charge is 2.41. The van der Waals surface area contributed by atoms with Gasteiger partial charge in [-0.05, 0) is 63.3 Å². The Bertz CT molecular complexity index is 875. The van der Waals surface area contributed by atoms with E-state index in [1.807, 2.05) is 19.1 Å². The number of furan rings is 1. The number of amides is 1. The largest absolute Gasteiger partial charge is 0.463 e. The summed E-state index contributed by atoms with van der Waals surface area (Å²) in [5.41, 5.74) is 2.00. The summed E-state index contributed by atoms with van der Waals surface area (Å²) >= 11 is 0. The van der Waals surface area contributed by atoms with Gasteiger partial charge in [-0.3, -0.25) is 9.69 Å². The number of hydrogen-bond donors (Lipinski definition) is 1. The van der Waals surface area contributed by atoms with E-state index in [4.69, 9.17) is 9.40 Å². The molecule has 4 atom stereocenters. The van der Waals surface area contributed by atoms with Gasteiger partial charge in [-0.25, -0.2) is 9.97 Å². The number of nitrogens with zero attached hydrogens (tertiary/aromatic N) is 3. The van der Waals surface area contributed by atoms with Gasteiger partial charge in [-0.2, -0.15) is 0 Å². The molecule has 4 aliphatic rings. The minimum absolute atomic E-state index is 0.242. The van der Waals surface area contributed by atoms with Crippen LogP contribution in [0, 0.1) is 18.8 Å². The first kappa shape index (κ1) is 19.7. The van der Waals surface area contributed by atoms with Crippen molar-refractivity contribution in [1.82, 2.24) is 20.2 Å². The van der Waals surface area contributed by atoms with Crippen molar-refractivity contribution < 1.29 is 9.21 Å². The maximum Gasteiger partial charge on any atom is 0.223 e. The van der Waals surface area contributed by atoms with Crippen LogP contribution < -0.4 is 5.32 Å². The topological polar surface area (TPSA) is 71.3 Å². The minimum Gasteiger partial charge on any atom is -0.463 e. The SMILES string of the molecule is Cc1nc(-c2ccco2)cc([C@H]2CN3CC[C@H]2C[C@@H]3CNC(=O)C2CCCCC2)n1. The molecule has 0 radical (unpaired) electrons. The Hall–Kier alpha value is -2.21. The lowest BCUT2D eigenvalue weighted by atomic mass is 9.74. The van der Waals surface area contributed by atoms with E-state index in [0.29, 0.717) is 17.9 Å². The van der Waals surface area contributed by atoms with Crippen molar-refractivity contribution in [1.29, 1.82) is 0 Å². The lowest BCUT2D eigenvalue weighted by molar-refractivity contribution is -0.126. The number of carbonyl (C=O) groups is 1. The second kappa shape index (κ2) is 8.50. The van der Waals surface area contributed by atoms with Crippen LogP contribution in [-0.4, -0.2) is 46.5 Å². The number of piperidine rings is 3. The summed E-state index contributed by atoms with van der Waals surface area (Å²) in [6.45, 7) is 4.89. The molecule has 1 N–H and O–H groups in total. The Morgan fingerprint density at radius 1 is 1.23 bits per heavy atom. The van der Waals surface area contributed by atoms with Crippen LogP contribution in [0.1, 0.15) is 62.4 Å². The predicted molar refractivity (Wildman–Crippen MR) is 115 cm³/mol. The molecule has 6 heteroatoms. The van der Waals surface area contributed by atoms with E-state index in [-0.39, 0.29) is 11.8 Å². The molecule has 2 bridgehead atoms. The van der Waals surface area contributed by atoms with Gasteiger partial charge in [0.2, 0.25) is 5.91 Å². The van der Waals surface area contributed by atoms with Gasteiger partial charge < -0.3 is 9.73 Å². The van der Waals surface area contributed by atoms with Crippen LogP contribution in [-0.2, 0) is 4.79 Å². The van der Waals surface area contributed by atoms with E-state index in [2.05, 4.69) is 21.3 Å². The number of nitrogens with one attached hydrogen (secondary N) is 1. The Morgan fingerprint density at radius 3 is 2.83 bits per heavy atom. The molecule has 1 unspecified atom stereocenters. The molecule has 30 heavy (non-hydrogen) atoms. The highest BCUT2D eigenvalue weighted by molar-refractivity contribution is 5.78. The average molecular weight is 409 g/mol. The van der Waals surface area contributed by atoms with E-state index in [1.54, 1.807) is 6.26 Å². The zero-order valence-electron chi connectivity index (χ0n) is 17.8. The summed E-state index contributed by atoms with van der Waals surface area (Å²) in [4.78, 5) is 24.5. The van der Waals surface area contributed by atoms with Gasteiger partial charge in [0.25, 0.3) is 0 Å². The lowest BCUT2D eigenvalue weighted by Gasteiger charge is -2.49. The standard InChI is InChI=1S/C24H32N4O2/c1-16-26-21(13-22(27-16)23-8-5-11-30-23)20-15-28-10-9-18(20)12-19(28)14-25-24(29)17-6-3-2-4-7-17/h5,8,11,13,17-20H,2-4,6-7,9-10,12,14-15H2,1H3,(H,25,29)/t18-,19+,20-/m0/s1. The molecule has 2 aromatic rings. The molecule has 3 aliphatic heterocycles. The molecule has 3 saturated heterocycles. The van der Waals surface area contributed by atoms with Crippen LogP contribution in [0.3, 0.4) is 0 Å². The molecule has 160 valence electrons. The molecule has 5 heterocycles. The van der Waals surface area contributed by atoms with Crippen LogP contribution in [0.15, 0.2) is 28.9 Å². The van der Waals surface area contributed by atoms with E-state index < -0.39 is 0 Å². The van der Waals surface area contributed by atoms with Crippen LogP contribution >= 0.6 is 0 Å². The summed E-state index contributed by atoms with van der Waals surface area (Å²) in [5.74, 6) is 3.16. The van der Waals surface area contributed by atoms with Gasteiger partial charge in [0.05, 0.1) is 6.26 Å². The Kier molecular flexibility index (Phi) is 5.59. The maximum absolute atomic E-state index is 12.6. The number of hydrogen-bond acceptors (Lipinski definition) is 5. The third-order valence-corrected chi connectivity index (χ3v) is 7.38. The number of aromatic nitrogens is 2. The van der Waals surface area contributed by atoms with Crippen LogP contribution in [0.4, 0.5) is 0 Å². The normalized spacial score (nSPS) is 29.1. The zero-order chi connectivity index (χ0) is 20.5. The molecule has 6 rings (SSSR count). The summed E-state index contributed by atoms with van der Waals surface area (Å²) in [5, 5.41) is 3.28. The van der Waals surface area contributed by atoms with Crippen molar-refractivity contribution in [3.8, 4) is 11.5 Å². The van der Waals surface area contributed by atoms with Crippen LogP contribution in [0.25, 0.3) is 11.5 Å². The number of carbonyl (C=O) groups excluding carboxylic acids is 1. The molecular weight excluding hydrogens is 376 g/mol. The summed E-state index contributed by atoms with van der Waals surface area (Å²) < 4.78 is 5.56. The molecule has 6 nitrogen and oxygen atoms in total. The highest BCUT2D eigenvalue weighted by atomic mass is 16.3. The summed E-state index contributed by atoms with van der Waals surface area (Å²) in [7, 11) is 0. The second-order valence-corrected chi connectivity index (χ2v) is 9.32. The fourth-order valence-electron chi connectivity index (χ4n) is 5.74. The zero-order valence-corrected chi connectivity index (χ0v) is 17.8. The fourth-order valence-corrected chi connectivity index (χ4v) is 5.74. The second-order valence-electron chi connectivity index (χ2n) is 9.32. The number of aryl methyl sites for hydroxylation is 1. The third kappa shape index (κ3) is 4.02. The molecule has 1 amide bonds. The van der Waals surface area contributed by atoms with Crippen molar-refractivity contribution in [2.75, 3.05) is 19.6 Å². The van der Waals surface area contributed by atoms with Gasteiger partial charge in [0.1, 0.15) is 11.5 Å². The van der Waals surface area contributed by atoms with Crippen molar-refractivity contribution in [2.24, 2.45) is 11.8 Å². The first-order valence-electron chi connectivity index (χ1n) is 11.6. The number of rotatable bonds is 5. The van der Waals surface area contributed by atoms with Crippen LogP contribution in [0.5, 0.6) is 0 Å². The van der Waals surface area contributed by atoms with E-state index in [1.165, 1.54) is 25.7 Å². The first-order chi connectivity index (χ1) is 14.7. The van der Waals surface area contributed by atoms with Gasteiger partial charge in [-0.1, -0.05) is 19.3 Å². The molecule has 1 aliphatic carbocycles. The molecule has 4 fully saturated rings. The first-order valence-corrected chi connectivity index (χ1v) is 11.6. The van der Waals surface area contributed by atoms with Gasteiger partial charge in [0, 0.05) is 36.7 Å². The summed E-state index contributed by atoms with van der Waals surface area (Å²) in [6.07, 6.45) is 9.85. The molecular formula is C24H32N4O2. The van der Waals surface area contributed by atoms with Crippen molar-refractivity contribution in [2.45, 2.75) is 63.8 Å². The van der Waals surface area contributed by atoms with Gasteiger partial charge >= 0.3 is 0 Å². The summed E-state index contributed by atoms with van der Waals surface area (Å²) in [6, 6.07) is 6.41. The van der Waals surface area contributed by atoms with Crippen molar-refractivity contribution >= 4 is 5.91 Å². The van der Waals surface area contributed by atoms with Crippen LogP contribution in [0.2, 0.25) is 0 Å².